The molecule has 0 N–H and O–H groups in total. The summed E-state index contributed by atoms with van der Waals surface area (Å²) in [6.45, 7) is 11.7. The van der Waals surface area contributed by atoms with E-state index in [-0.39, 0.29) is 29.2 Å². The van der Waals surface area contributed by atoms with E-state index < -0.39 is 0 Å². The summed E-state index contributed by atoms with van der Waals surface area (Å²) < 4.78 is 13.3. The molecule has 3 fully saturated rings. The van der Waals surface area contributed by atoms with E-state index in [1.807, 2.05) is 36.8 Å². The monoisotopic (exact) mass is 499 g/mol. The maximum absolute atomic E-state index is 13.1. The minimum Gasteiger partial charge on any atom is -0.423 e. The highest BCUT2D eigenvalue weighted by Crippen LogP contribution is 2.49. The first-order valence-corrected chi connectivity index (χ1v) is 13.1. The van der Waals surface area contributed by atoms with Crippen LogP contribution in [0.15, 0.2) is 16.8 Å². The van der Waals surface area contributed by atoms with Crippen molar-refractivity contribution >= 4 is 11.8 Å². The van der Waals surface area contributed by atoms with Crippen molar-refractivity contribution in [2.24, 2.45) is 5.41 Å². The van der Waals surface area contributed by atoms with Crippen LogP contribution in [0.2, 0.25) is 0 Å². The fourth-order valence-corrected chi connectivity index (χ4v) is 5.63. The molecule has 36 heavy (non-hydrogen) atoms. The number of carbonyl (C=O) groups is 2. The summed E-state index contributed by atoms with van der Waals surface area (Å²) in [5.74, 6) is 1.52. The van der Waals surface area contributed by atoms with Crippen LogP contribution in [0.4, 0.5) is 0 Å². The third-order valence-corrected chi connectivity index (χ3v) is 7.86. The lowest BCUT2D eigenvalue weighted by Crippen LogP contribution is -2.47. The summed E-state index contributed by atoms with van der Waals surface area (Å²) in [7, 11) is 0. The summed E-state index contributed by atoms with van der Waals surface area (Å²) in [5, 5.41) is 12.9. The number of aryl methyl sites for hydroxylation is 1. The van der Waals surface area contributed by atoms with Crippen LogP contribution in [0.5, 0.6) is 0 Å². The molecule has 3 aliphatic heterocycles. The second kappa shape index (κ2) is 10.3. The average Bonchev–Trinajstić information content (AvgIpc) is 3.64. The number of piperidine rings is 1. The van der Waals surface area contributed by atoms with Crippen molar-refractivity contribution in [3.63, 3.8) is 0 Å². The summed E-state index contributed by atoms with van der Waals surface area (Å²) in [4.78, 5) is 32.2. The van der Waals surface area contributed by atoms with Gasteiger partial charge >= 0.3 is 0 Å². The lowest BCUT2D eigenvalue weighted by atomic mass is 9.76. The highest BCUT2D eigenvalue weighted by Gasteiger charge is 2.49. The quantitative estimate of drug-likeness (QED) is 0.593. The zero-order valence-electron chi connectivity index (χ0n) is 21.6. The third kappa shape index (κ3) is 5.04. The molecule has 0 saturated carbocycles. The molecule has 0 aliphatic carbocycles. The lowest BCUT2D eigenvalue weighted by molar-refractivity contribution is -0.136. The molecule has 3 aliphatic rings. The first-order valence-electron chi connectivity index (χ1n) is 13.1. The molecule has 5 heterocycles. The number of carbonyl (C=O) groups excluding carboxylic acids is 2. The lowest BCUT2D eigenvalue weighted by Gasteiger charge is -2.39. The predicted molar refractivity (Wildman–Crippen MR) is 130 cm³/mol. The van der Waals surface area contributed by atoms with E-state index in [2.05, 4.69) is 20.2 Å². The molecule has 1 atom stereocenters. The smallest absolute Gasteiger partial charge is 0.257 e. The van der Waals surface area contributed by atoms with Crippen LogP contribution in [0.3, 0.4) is 0 Å². The number of nitrogens with zero attached hydrogens (tertiary/aromatic N) is 7. The van der Waals surface area contributed by atoms with E-state index >= 15 is 0 Å². The number of hydrogen-bond acceptors (Lipinski definition) is 8. The Hall–Kier alpha value is -2.79. The summed E-state index contributed by atoms with van der Waals surface area (Å²) in [5.41, 5.74) is 0.647. The van der Waals surface area contributed by atoms with Crippen molar-refractivity contribution in [3.8, 4) is 0 Å². The maximum Gasteiger partial charge on any atom is 0.257 e. The van der Waals surface area contributed by atoms with Gasteiger partial charge in [0.15, 0.2) is 0 Å². The largest absolute Gasteiger partial charge is 0.423 e. The van der Waals surface area contributed by atoms with Crippen LogP contribution >= 0.6 is 0 Å². The minimum atomic E-state index is -0.0972. The van der Waals surface area contributed by atoms with Gasteiger partial charge in [0.2, 0.25) is 17.7 Å². The molecule has 2 aromatic heterocycles. The number of rotatable bonds is 6. The van der Waals surface area contributed by atoms with Gasteiger partial charge in [-0.15, -0.1) is 10.2 Å². The van der Waals surface area contributed by atoms with Crippen LogP contribution in [-0.2, 0) is 16.1 Å². The fraction of sp³-hybridized carbons (Fsp3) is 0.720. The van der Waals surface area contributed by atoms with Gasteiger partial charge in [-0.1, -0.05) is 13.8 Å². The van der Waals surface area contributed by atoms with E-state index in [0.717, 1.165) is 32.4 Å². The second-order valence-electron chi connectivity index (χ2n) is 10.6. The van der Waals surface area contributed by atoms with Gasteiger partial charge in [-0.05, 0) is 31.6 Å². The van der Waals surface area contributed by atoms with E-state index in [1.165, 1.54) is 0 Å². The number of amides is 2. The van der Waals surface area contributed by atoms with Gasteiger partial charge in [-0.25, -0.2) is 0 Å². The number of aromatic nitrogens is 4. The van der Waals surface area contributed by atoms with Gasteiger partial charge in [-0.2, -0.15) is 5.10 Å². The van der Waals surface area contributed by atoms with Gasteiger partial charge in [0, 0.05) is 51.4 Å². The van der Waals surface area contributed by atoms with Crippen LogP contribution in [-0.4, -0.2) is 99.0 Å². The first-order chi connectivity index (χ1) is 17.4. The Labute approximate surface area is 211 Å². The van der Waals surface area contributed by atoms with Crippen molar-refractivity contribution in [1.82, 2.24) is 34.7 Å². The highest BCUT2D eigenvalue weighted by molar-refractivity contribution is 5.93. The molecule has 2 amide bonds. The zero-order chi connectivity index (χ0) is 25.3. The summed E-state index contributed by atoms with van der Waals surface area (Å²) >= 11 is 0. The molecule has 5 rings (SSSR count). The molecule has 0 bridgehead atoms. The van der Waals surface area contributed by atoms with E-state index in [9.17, 15) is 9.59 Å². The molecule has 11 heteroatoms. The van der Waals surface area contributed by atoms with Crippen LogP contribution in [0.1, 0.15) is 74.1 Å². The standard InChI is InChI=1S/C25H37N7O4/c1-4-32-15-19(14-26-32)24(34)30-7-5-25(6-8-30)13-20(23-28-27-22(36-23)18(2)3)31(17-25)16-21(33)29-9-11-35-12-10-29/h14-15,18,20H,4-13,16-17H2,1-3H3. The second-order valence-corrected chi connectivity index (χ2v) is 10.6. The normalized spacial score (nSPS) is 22.6. The Morgan fingerprint density at radius 2 is 1.86 bits per heavy atom. The maximum atomic E-state index is 13.1. The molecule has 11 nitrogen and oxygen atoms in total. The Morgan fingerprint density at radius 3 is 2.50 bits per heavy atom. The Morgan fingerprint density at radius 1 is 1.11 bits per heavy atom. The van der Waals surface area contributed by atoms with E-state index in [1.54, 1.807) is 10.9 Å². The average molecular weight is 500 g/mol. The zero-order valence-corrected chi connectivity index (χ0v) is 21.6. The molecule has 196 valence electrons. The van der Waals surface area contributed by atoms with Crippen LogP contribution in [0.25, 0.3) is 0 Å². The van der Waals surface area contributed by atoms with Crippen molar-refractivity contribution in [2.75, 3.05) is 52.5 Å². The molecular weight excluding hydrogens is 462 g/mol. The molecule has 0 radical (unpaired) electrons. The molecule has 3 saturated heterocycles. The molecule has 1 spiro atoms. The van der Waals surface area contributed by atoms with Crippen molar-refractivity contribution < 1.29 is 18.7 Å². The predicted octanol–water partition coefficient (Wildman–Crippen LogP) is 1.94. The van der Waals surface area contributed by atoms with Gasteiger partial charge in [0.05, 0.1) is 37.6 Å². The topological polar surface area (TPSA) is 110 Å². The van der Waals surface area contributed by atoms with E-state index in [0.29, 0.717) is 63.3 Å². The first kappa shape index (κ1) is 24.9. The van der Waals surface area contributed by atoms with Gasteiger partial charge in [0.1, 0.15) is 0 Å². The Kier molecular flexibility index (Phi) is 7.11. The van der Waals surface area contributed by atoms with Gasteiger partial charge in [0.25, 0.3) is 5.91 Å². The van der Waals surface area contributed by atoms with Gasteiger partial charge in [-0.3, -0.25) is 19.2 Å². The van der Waals surface area contributed by atoms with Crippen LogP contribution in [0, 0.1) is 5.41 Å². The minimum absolute atomic E-state index is 0.00675. The third-order valence-electron chi connectivity index (χ3n) is 7.86. The molecule has 2 aromatic rings. The van der Waals surface area contributed by atoms with Crippen molar-refractivity contribution in [3.05, 3.63) is 29.7 Å². The summed E-state index contributed by atoms with van der Waals surface area (Å²) in [6, 6.07) is -0.0972. The van der Waals surface area contributed by atoms with Crippen LogP contribution < -0.4 is 0 Å². The SMILES string of the molecule is CCn1cc(C(=O)N2CCC3(CC2)CC(c2nnc(C(C)C)o2)N(CC(=O)N2CCOCC2)C3)cn1. The van der Waals surface area contributed by atoms with E-state index in [4.69, 9.17) is 9.15 Å². The van der Waals surface area contributed by atoms with Crippen molar-refractivity contribution in [2.45, 2.75) is 58.5 Å². The Bertz CT molecular complexity index is 1070. The summed E-state index contributed by atoms with van der Waals surface area (Å²) in [6.07, 6.45) is 6.08. The molecule has 1 unspecified atom stereocenters. The fourth-order valence-electron chi connectivity index (χ4n) is 5.63. The van der Waals surface area contributed by atoms with Crippen molar-refractivity contribution in [1.29, 1.82) is 0 Å². The molecular formula is C25H37N7O4. The van der Waals surface area contributed by atoms with Gasteiger partial charge < -0.3 is 19.0 Å². The number of hydrogen-bond donors (Lipinski definition) is 0. The molecule has 0 aromatic carbocycles. The number of morpholine rings is 1. The Balaban J connectivity index is 1.29. The number of ether oxygens (including phenoxy) is 1. The highest BCUT2D eigenvalue weighted by atomic mass is 16.5. The number of likely N-dealkylation sites (tertiary alicyclic amines) is 2.